The molecular formula is C30H38N8O11S3. The number of allylic oxidation sites excluding steroid dienone is 1. The lowest BCUT2D eigenvalue weighted by molar-refractivity contribution is -0.161. The fraction of sp³-hybridized carbons (Fsp3) is 0.467. The first-order valence-electron chi connectivity index (χ1n) is 15.0. The summed E-state index contributed by atoms with van der Waals surface area (Å²) in [4.78, 5) is 87.1. The van der Waals surface area contributed by atoms with Crippen molar-refractivity contribution >= 4 is 81.4 Å². The number of nitrogens with two attached hydrogens (primary N) is 1. The van der Waals surface area contributed by atoms with Gasteiger partial charge in [-0.1, -0.05) is 35.3 Å². The van der Waals surface area contributed by atoms with Crippen LogP contribution in [-0.4, -0.2) is 107 Å². The van der Waals surface area contributed by atoms with E-state index in [-0.39, 0.29) is 44.5 Å². The van der Waals surface area contributed by atoms with Crippen LogP contribution < -0.4 is 11.1 Å². The molecule has 2 aromatic rings. The number of thiazole rings is 1. The molecule has 22 heteroatoms. The summed E-state index contributed by atoms with van der Waals surface area (Å²) in [6, 6.07) is -1.09. The number of rotatable bonds is 11. The number of anilines is 1. The molecule has 0 aromatic carbocycles. The van der Waals surface area contributed by atoms with Crippen LogP contribution >= 0.6 is 34.9 Å². The molecule has 5 N–H and O–H groups in total. The average molecular weight is 783 g/mol. The number of carbonyl (C=O) groups is 6. The van der Waals surface area contributed by atoms with Gasteiger partial charge >= 0.3 is 23.9 Å². The Hall–Kier alpha value is -4.96. The van der Waals surface area contributed by atoms with Gasteiger partial charge in [-0.2, -0.15) is 4.98 Å². The molecule has 0 unspecified atom stereocenters. The van der Waals surface area contributed by atoms with Gasteiger partial charge in [-0.15, -0.1) is 16.4 Å². The van der Waals surface area contributed by atoms with E-state index in [1.165, 1.54) is 24.2 Å². The second kappa shape index (κ2) is 16.6. The number of carbonyl (C=O) groups excluding carboxylic acids is 4. The highest BCUT2D eigenvalue weighted by Gasteiger charge is 2.55. The second-order valence-corrected chi connectivity index (χ2v) is 15.9. The predicted octanol–water partition coefficient (Wildman–Crippen LogP) is 2.07. The zero-order valence-corrected chi connectivity index (χ0v) is 31.9. The van der Waals surface area contributed by atoms with Crippen LogP contribution in [0.5, 0.6) is 0 Å². The summed E-state index contributed by atoms with van der Waals surface area (Å²) in [5, 5.41) is 29.7. The van der Waals surface area contributed by atoms with Crippen LogP contribution in [0, 0.1) is 10.8 Å². The van der Waals surface area contributed by atoms with E-state index in [0.717, 1.165) is 39.8 Å². The lowest BCUT2D eigenvalue weighted by Crippen LogP contribution is -2.70. The minimum absolute atomic E-state index is 0.00109. The highest BCUT2D eigenvalue weighted by Crippen LogP contribution is 2.47. The summed E-state index contributed by atoms with van der Waals surface area (Å²) in [5.41, 5.74) is 4.18. The van der Waals surface area contributed by atoms with E-state index in [1.54, 1.807) is 41.5 Å². The van der Waals surface area contributed by atoms with Crippen molar-refractivity contribution in [3.8, 4) is 0 Å². The molecule has 19 nitrogen and oxygen atoms in total. The Morgan fingerprint density at radius 1 is 1.10 bits per heavy atom. The van der Waals surface area contributed by atoms with E-state index in [2.05, 4.69) is 32.1 Å². The van der Waals surface area contributed by atoms with Gasteiger partial charge in [0.25, 0.3) is 17.6 Å². The molecule has 0 radical (unpaired) electrons. The number of nitrogen functional groups attached to an aromatic ring is 1. The number of aryl methyl sites for hydroxylation is 1. The Bertz CT molecular complexity index is 1840. The first kappa shape index (κ1) is 41.5. The van der Waals surface area contributed by atoms with Gasteiger partial charge < -0.3 is 35.6 Å². The van der Waals surface area contributed by atoms with Crippen molar-refractivity contribution in [3.05, 3.63) is 39.7 Å². The normalized spacial score (nSPS) is 17.3. The summed E-state index contributed by atoms with van der Waals surface area (Å²) in [5.74, 6) is -5.34. The summed E-state index contributed by atoms with van der Waals surface area (Å²) in [6.45, 7) is 13.3. The van der Waals surface area contributed by atoms with Gasteiger partial charge in [0.15, 0.2) is 16.0 Å². The number of ether oxygens (including phenoxy) is 2. The van der Waals surface area contributed by atoms with Gasteiger partial charge in [0, 0.05) is 28.7 Å². The molecule has 282 valence electrons. The number of fused-ring (bicyclic) bond motifs is 1. The molecule has 4 heterocycles. The lowest BCUT2D eigenvalue weighted by Gasteiger charge is -2.49. The first-order valence-corrected chi connectivity index (χ1v) is 17.7. The standard InChI is InChI=1S/C25H28N8O9S3.C5H10O2/c1-10-11(7-44-24-29-16(30-32(24)5)21(38)41-9-42-22(39)25(2,3)4)15(20(36)37)33-18(35)14(19(33)45-10)28-17(34)13(31-40-6)12-8-43-23(26)27-12;1-5(2,3)4(6)7/h8,14,19H,1,7,9H2,2-6H3,(H2,26,27)(H,28,34)(H,36,37);1-3H3,(H,6,7)/t14-,19-;/m1./s1. The molecule has 0 spiro atoms. The quantitative estimate of drug-likeness (QED) is 0.0634. The van der Waals surface area contributed by atoms with E-state index in [4.69, 9.17) is 25.2 Å². The van der Waals surface area contributed by atoms with Gasteiger partial charge in [0.2, 0.25) is 6.79 Å². The van der Waals surface area contributed by atoms with Crippen molar-refractivity contribution < 1.29 is 53.3 Å². The number of hydrogen-bond donors (Lipinski definition) is 4. The Morgan fingerprint density at radius 3 is 2.25 bits per heavy atom. The van der Waals surface area contributed by atoms with Gasteiger partial charge in [-0.3, -0.25) is 24.1 Å². The minimum Gasteiger partial charge on any atom is -0.481 e. The summed E-state index contributed by atoms with van der Waals surface area (Å²) >= 11 is 3.24. The van der Waals surface area contributed by atoms with Crippen LogP contribution in [0.2, 0.25) is 0 Å². The molecule has 1 saturated heterocycles. The van der Waals surface area contributed by atoms with Gasteiger partial charge in [0.05, 0.1) is 10.8 Å². The molecule has 2 aliphatic heterocycles. The number of thioether (sulfide) groups is 2. The molecular weight excluding hydrogens is 745 g/mol. The number of hydrogen-bond acceptors (Lipinski definition) is 17. The zero-order valence-electron chi connectivity index (χ0n) is 29.4. The molecule has 2 atom stereocenters. The number of oxime groups is 1. The molecule has 2 amide bonds. The summed E-state index contributed by atoms with van der Waals surface area (Å²) in [6.07, 6.45) is 0. The number of carboxylic acids is 2. The van der Waals surface area contributed by atoms with Crippen LogP contribution in [0.15, 0.2) is 38.4 Å². The number of β-lactam (4-membered cyclic amide) rings is 1. The third kappa shape index (κ3) is 9.88. The smallest absolute Gasteiger partial charge is 0.381 e. The molecule has 0 bridgehead atoms. The van der Waals surface area contributed by atoms with Gasteiger partial charge in [-0.25, -0.2) is 19.3 Å². The Morgan fingerprint density at radius 2 is 1.73 bits per heavy atom. The molecule has 2 aromatic heterocycles. The number of amides is 2. The Kier molecular flexibility index (Phi) is 13.2. The van der Waals surface area contributed by atoms with E-state index in [1.807, 2.05) is 0 Å². The van der Waals surface area contributed by atoms with Crippen LogP contribution in [0.4, 0.5) is 5.13 Å². The lowest BCUT2D eigenvalue weighted by atomic mass is 9.98. The number of nitrogens with zero attached hydrogens (tertiary/aromatic N) is 6. The molecule has 4 rings (SSSR count). The third-order valence-corrected chi connectivity index (χ3v) is 9.68. The first-order chi connectivity index (χ1) is 24.1. The van der Waals surface area contributed by atoms with E-state index in [9.17, 15) is 33.9 Å². The number of nitrogens with one attached hydrogen (secondary N) is 1. The zero-order chi connectivity index (χ0) is 39.3. The number of aliphatic carboxylic acids is 2. The molecule has 52 heavy (non-hydrogen) atoms. The van der Waals surface area contributed by atoms with Gasteiger partial charge in [-0.05, 0) is 41.5 Å². The fourth-order valence-electron chi connectivity index (χ4n) is 3.87. The topological polar surface area (TPSA) is 268 Å². The summed E-state index contributed by atoms with van der Waals surface area (Å²) < 4.78 is 11.1. The predicted molar refractivity (Wildman–Crippen MR) is 189 cm³/mol. The molecule has 2 aliphatic rings. The van der Waals surface area contributed by atoms with Crippen LogP contribution in [-0.2, 0) is 45.3 Å². The van der Waals surface area contributed by atoms with E-state index >= 15 is 0 Å². The maximum absolute atomic E-state index is 13.2. The summed E-state index contributed by atoms with van der Waals surface area (Å²) in [7, 11) is 2.76. The molecule has 0 aliphatic carbocycles. The number of esters is 2. The number of aromatic nitrogens is 4. The van der Waals surface area contributed by atoms with E-state index in [0.29, 0.717) is 4.91 Å². The SMILES string of the molecule is C=C1S[C@@H]2[C@H](NC(=O)C(=NOC)c3csc(N)n3)C(=O)N2C(C(=O)O)=C1CSc1nc(C(=O)OCOC(=O)C(C)(C)C)nn1C.CC(C)(C)C(=O)O. The molecule has 0 saturated carbocycles. The Balaban J connectivity index is 0.000000944. The Labute approximate surface area is 310 Å². The maximum atomic E-state index is 13.2. The van der Waals surface area contributed by atoms with Crippen molar-refractivity contribution in [2.24, 2.45) is 23.0 Å². The van der Waals surface area contributed by atoms with Gasteiger partial charge in [0.1, 0.15) is 29.9 Å². The highest BCUT2D eigenvalue weighted by atomic mass is 32.2. The highest BCUT2D eigenvalue weighted by molar-refractivity contribution is 8.04. The monoisotopic (exact) mass is 782 g/mol. The van der Waals surface area contributed by atoms with Crippen molar-refractivity contribution in [2.45, 2.75) is 58.1 Å². The van der Waals surface area contributed by atoms with Crippen molar-refractivity contribution in [1.29, 1.82) is 0 Å². The average Bonchev–Trinajstić information content (AvgIpc) is 3.65. The van der Waals surface area contributed by atoms with Crippen LogP contribution in [0.25, 0.3) is 0 Å². The van der Waals surface area contributed by atoms with Crippen LogP contribution in [0.3, 0.4) is 0 Å². The van der Waals surface area contributed by atoms with Crippen molar-refractivity contribution in [2.75, 3.05) is 25.4 Å². The largest absolute Gasteiger partial charge is 0.481 e. The molecule has 1 fully saturated rings. The van der Waals surface area contributed by atoms with Crippen molar-refractivity contribution in [3.63, 3.8) is 0 Å². The maximum Gasteiger partial charge on any atom is 0.381 e. The van der Waals surface area contributed by atoms with E-state index < -0.39 is 64.7 Å². The third-order valence-electron chi connectivity index (χ3n) is 6.71. The number of carboxylic acid groups (broad SMARTS) is 2. The van der Waals surface area contributed by atoms with Crippen LogP contribution in [0.1, 0.15) is 57.9 Å². The minimum atomic E-state index is -1.37. The fourth-order valence-corrected chi connectivity index (χ4v) is 6.71. The second-order valence-electron chi connectivity index (χ2n) is 12.8. The van der Waals surface area contributed by atoms with Crippen molar-refractivity contribution in [1.82, 2.24) is 30.0 Å².